The molecule has 0 fully saturated rings. The summed E-state index contributed by atoms with van der Waals surface area (Å²) < 4.78 is 0. The average molecular weight is 321 g/mol. The number of hydrogen-bond acceptors (Lipinski definition) is 0. The van der Waals surface area contributed by atoms with Gasteiger partial charge in [-0.2, -0.15) is 13.5 Å². The summed E-state index contributed by atoms with van der Waals surface area (Å²) in [6.07, 6.45) is 22.2. The highest BCUT2D eigenvalue weighted by Crippen LogP contribution is 2.39. The molecule has 0 unspecified atom stereocenters. The van der Waals surface area contributed by atoms with Crippen LogP contribution in [0, 0.1) is 0 Å². The smallest absolute Gasteiger partial charge is 0.0326 e. The molecule has 0 atom stereocenters. The molecule has 0 aromatic carbocycles. The molecule has 20 heavy (non-hydrogen) atoms. The van der Waals surface area contributed by atoms with E-state index in [1.54, 1.807) is 18.5 Å². The first kappa shape index (κ1) is 23.1. The lowest BCUT2D eigenvalue weighted by Crippen LogP contribution is -1.97. The zero-order valence-corrected chi connectivity index (χ0v) is 16.4. The van der Waals surface area contributed by atoms with Crippen LogP contribution in [0.5, 0.6) is 0 Å². The average Bonchev–Trinajstić information content (AvgIpc) is 2.43. The van der Waals surface area contributed by atoms with E-state index in [0.29, 0.717) is 7.92 Å². The molecule has 0 N–H and O–H groups in total. The third-order valence-electron chi connectivity index (χ3n) is 3.98. The molecule has 0 saturated carbocycles. The van der Waals surface area contributed by atoms with Gasteiger partial charge in [-0.25, -0.2) is 0 Å². The SMILES string of the molecule is CCCCCCP(CCCCCC)CCCCCC.S. The Morgan fingerprint density at radius 3 is 1.00 bits per heavy atom. The van der Waals surface area contributed by atoms with E-state index < -0.39 is 0 Å². The lowest BCUT2D eigenvalue weighted by molar-refractivity contribution is 0.687. The Morgan fingerprint density at radius 2 is 0.750 bits per heavy atom. The van der Waals surface area contributed by atoms with Crippen molar-refractivity contribution < 1.29 is 0 Å². The van der Waals surface area contributed by atoms with Gasteiger partial charge in [-0.05, 0) is 37.7 Å². The molecule has 0 rings (SSSR count). The van der Waals surface area contributed by atoms with E-state index in [1.165, 1.54) is 77.0 Å². The van der Waals surface area contributed by atoms with Gasteiger partial charge in [0.05, 0.1) is 0 Å². The zero-order chi connectivity index (χ0) is 14.2. The van der Waals surface area contributed by atoms with Crippen LogP contribution in [-0.4, -0.2) is 18.5 Å². The van der Waals surface area contributed by atoms with Crippen LogP contribution in [0.3, 0.4) is 0 Å². The van der Waals surface area contributed by atoms with Crippen molar-refractivity contribution in [2.45, 2.75) is 97.8 Å². The predicted octanol–water partition coefficient (Wildman–Crippen LogP) is 7.32. The molecule has 0 spiro atoms. The predicted molar refractivity (Wildman–Crippen MR) is 104 cm³/mol. The van der Waals surface area contributed by atoms with Crippen LogP contribution < -0.4 is 0 Å². The number of unbranched alkanes of at least 4 members (excludes halogenated alkanes) is 9. The molecule has 0 nitrogen and oxygen atoms in total. The van der Waals surface area contributed by atoms with Crippen molar-refractivity contribution in [3.63, 3.8) is 0 Å². The molecule has 0 aliphatic rings. The Morgan fingerprint density at radius 1 is 0.450 bits per heavy atom. The number of rotatable bonds is 15. The Balaban J connectivity index is 0. The minimum atomic E-state index is 0. The maximum Gasteiger partial charge on any atom is -0.0326 e. The van der Waals surface area contributed by atoms with Gasteiger partial charge in [-0.15, -0.1) is 7.92 Å². The standard InChI is InChI=1S/C18H39P.H2S/c1-4-7-10-13-16-19(17-14-11-8-5-2)18-15-12-9-6-3;/h4-18H2,1-3H3;1H2. The molecule has 0 aromatic heterocycles. The summed E-state index contributed by atoms with van der Waals surface area (Å²) in [6.45, 7) is 6.95. The van der Waals surface area contributed by atoms with Crippen molar-refractivity contribution in [2.24, 2.45) is 0 Å². The van der Waals surface area contributed by atoms with Crippen LogP contribution in [0.1, 0.15) is 97.8 Å². The van der Waals surface area contributed by atoms with Crippen LogP contribution in [0.15, 0.2) is 0 Å². The van der Waals surface area contributed by atoms with Gasteiger partial charge in [-0.1, -0.05) is 78.6 Å². The fourth-order valence-corrected chi connectivity index (χ4v) is 5.31. The third-order valence-corrected chi connectivity index (χ3v) is 6.83. The van der Waals surface area contributed by atoms with Crippen molar-refractivity contribution in [1.29, 1.82) is 0 Å². The fraction of sp³-hybridized carbons (Fsp3) is 1.00. The van der Waals surface area contributed by atoms with Gasteiger partial charge in [0.1, 0.15) is 0 Å². The second-order valence-electron chi connectivity index (χ2n) is 6.02. The Kier molecular flexibility index (Phi) is 22.8. The van der Waals surface area contributed by atoms with Crippen LogP contribution >= 0.6 is 21.4 Å². The molecule has 0 aliphatic heterocycles. The summed E-state index contributed by atoms with van der Waals surface area (Å²) in [4.78, 5) is 0. The topological polar surface area (TPSA) is 0 Å². The molecule has 0 saturated heterocycles. The van der Waals surface area contributed by atoms with Gasteiger partial charge >= 0.3 is 0 Å². The zero-order valence-electron chi connectivity index (χ0n) is 14.6. The van der Waals surface area contributed by atoms with Crippen LogP contribution in [0.2, 0.25) is 0 Å². The molecule has 2 heteroatoms. The molecule has 124 valence electrons. The largest absolute Gasteiger partial charge is 0.197 e. The molecule has 0 amide bonds. The first-order chi connectivity index (χ1) is 9.35. The summed E-state index contributed by atoms with van der Waals surface area (Å²) in [5, 5.41) is 0. The van der Waals surface area contributed by atoms with Crippen molar-refractivity contribution in [1.82, 2.24) is 0 Å². The summed E-state index contributed by atoms with van der Waals surface area (Å²) in [5.74, 6) is 0. The van der Waals surface area contributed by atoms with Crippen molar-refractivity contribution in [3.05, 3.63) is 0 Å². The van der Waals surface area contributed by atoms with Crippen LogP contribution in [-0.2, 0) is 0 Å². The first-order valence-electron chi connectivity index (χ1n) is 9.07. The lowest BCUT2D eigenvalue weighted by Gasteiger charge is -2.17. The van der Waals surface area contributed by atoms with E-state index in [1.807, 2.05) is 0 Å². The summed E-state index contributed by atoms with van der Waals surface area (Å²) in [7, 11) is 0.389. The Hall–Kier alpha value is 0.780. The normalized spacial score (nSPS) is 10.8. The Bertz CT molecular complexity index is 133. The number of hydrogen-bond donors (Lipinski definition) is 0. The highest BCUT2D eigenvalue weighted by atomic mass is 32.1. The maximum absolute atomic E-state index is 2.32. The lowest BCUT2D eigenvalue weighted by atomic mass is 10.2. The Labute approximate surface area is 138 Å². The van der Waals surface area contributed by atoms with E-state index in [4.69, 9.17) is 0 Å². The van der Waals surface area contributed by atoms with Gasteiger partial charge < -0.3 is 0 Å². The maximum atomic E-state index is 2.32. The van der Waals surface area contributed by atoms with E-state index in [9.17, 15) is 0 Å². The van der Waals surface area contributed by atoms with E-state index in [-0.39, 0.29) is 13.5 Å². The van der Waals surface area contributed by atoms with E-state index in [0.717, 1.165) is 0 Å². The molecule has 0 radical (unpaired) electrons. The minimum absolute atomic E-state index is 0. The van der Waals surface area contributed by atoms with E-state index in [2.05, 4.69) is 20.8 Å². The monoisotopic (exact) mass is 320 g/mol. The third kappa shape index (κ3) is 16.8. The molecular weight excluding hydrogens is 279 g/mol. The van der Waals surface area contributed by atoms with Crippen molar-refractivity contribution >= 4 is 21.4 Å². The van der Waals surface area contributed by atoms with Gasteiger partial charge in [0.2, 0.25) is 0 Å². The van der Waals surface area contributed by atoms with Crippen LogP contribution in [0.25, 0.3) is 0 Å². The van der Waals surface area contributed by atoms with Crippen molar-refractivity contribution in [2.75, 3.05) is 18.5 Å². The first-order valence-corrected chi connectivity index (χ1v) is 11.0. The second-order valence-corrected chi connectivity index (χ2v) is 8.71. The minimum Gasteiger partial charge on any atom is -0.197 e. The van der Waals surface area contributed by atoms with Gasteiger partial charge in [-0.3, -0.25) is 0 Å². The van der Waals surface area contributed by atoms with Gasteiger partial charge in [0.15, 0.2) is 0 Å². The summed E-state index contributed by atoms with van der Waals surface area (Å²) >= 11 is 0. The molecule has 0 bridgehead atoms. The van der Waals surface area contributed by atoms with Crippen molar-refractivity contribution in [3.8, 4) is 0 Å². The molecular formula is C18H41PS. The fourth-order valence-electron chi connectivity index (χ4n) is 2.62. The summed E-state index contributed by atoms with van der Waals surface area (Å²) in [5.41, 5.74) is 0. The quantitative estimate of drug-likeness (QED) is 0.219. The molecule has 0 aromatic rings. The molecule has 0 aliphatic carbocycles. The molecule has 0 heterocycles. The highest BCUT2D eigenvalue weighted by Gasteiger charge is 2.07. The van der Waals surface area contributed by atoms with Crippen LogP contribution in [0.4, 0.5) is 0 Å². The van der Waals surface area contributed by atoms with E-state index >= 15 is 0 Å². The summed E-state index contributed by atoms with van der Waals surface area (Å²) in [6, 6.07) is 0. The highest BCUT2D eigenvalue weighted by molar-refractivity contribution is 7.59. The van der Waals surface area contributed by atoms with Gasteiger partial charge in [0.25, 0.3) is 0 Å². The van der Waals surface area contributed by atoms with Gasteiger partial charge in [0, 0.05) is 0 Å². The second kappa shape index (κ2) is 19.8.